The molecule has 0 bridgehead atoms. The summed E-state index contributed by atoms with van der Waals surface area (Å²) >= 11 is 0. The summed E-state index contributed by atoms with van der Waals surface area (Å²) in [5.41, 5.74) is 1.39. The van der Waals surface area contributed by atoms with Crippen LogP contribution in [0, 0.1) is 0 Å². The lowest BCUT2D eigenvalue weighted by molar-refractivity contribution is -0.0352. The first kappa shape index (κ1) is 12.7. The third-order valence-electron chi connectivity index (χ3n) is 2.70. The molecule has 1 heterocycles. The maximum Gasteiger partial charge on any atom is 0.146 e. The van der Waals surface area contributed by atoms with Crippen LogP contribution in [0.2, 0.25) is 0 Å². The molecule has 15 heavy (non-hydrogen) atoms. The number of ether oxygens (including phenoxy) is 3. The van der Waals surface area contributed by atoms with Gasteiger partial charge in [0, 0.05) is 7.11 Å². The van der Waals surface area contributed by atoms with Crippen molar-refractivity contribution in [3.63, 3.8) is 0 Å². The lowest BCUT2D eigenvalue weighted by atomic mass is 10.0. The molecule has 2 atom stereocenters. The fourth-order valence-electron chi connectivity index (χ4n) is 1.61. The first-order chi connectivity index (χ1) is 7.08. The summed E-state index contributed by atoms with van der Waals surface area (Å²) in [5, 5.41) is 0. The molecule has 0 aromatic heterocycles. The minimum absolute atomic E-state index is 0.0275. The van der Waals surface area contributed by atoms with Crippen molar-refractivity contribution in [1.29, 1.82) is 0 Å². The SMILES string of the molecule is COCOC[C@H]1O[C@@]1(C)CCC=C(C)C. The van der Waals surface area contributed by atoms with E-state index in [4.69, 9.17) is 14.2 Å². The van der Waals surface area contributed by atoms with Crippen LogP contribution >= 0.6 is 0 Å². The summed E-state index contributed by atoms with van der Waals surface area (Å²) in [7, 11) is 1.63. The van der Waals surface area contributed by atoms with Crippen LogP contribution in [0.4, 0.5) is 0 Å². The normalized spacial score (nSPS) is 28.9. The Labute approximate surface area is 92.4 Å². The molecule has 3 nitrogen and oxygen atoms in total. The first-order valence-corrected chi connectivity index (χ1v) is 5.46. The molecule has 0 aromatic carbocycles. The van der Waals surface area contributed by atoms with Gasteiger partial charge < -0.3 is 14.2 Å². The molecule has 0 N–H and O–H groups in total. The van der Waals surface area contributed by atoms with Crippen LogP contribution in [0.5, 0.6) is 0 Å². The summed E-state index contributed by atoms with van der Waals surface area (Å²) < 4.78 is 15.7. The van der Waals surface area contributed by atoms with E-state index in [0.717, 1.165) is 12.8 Å². The number of rotatable bonds is 7. The van der Waals surface area contributed by atoms with Gasteiger partial charge in [0.15, 0.2) is 0 Å². The predicted octanol–water partition coefficient (Wildman–Crippen LogP) is 2.51. The summed E-state index contributed by atoms with van der Waals surface area (Å²) in [6.07, 6.45) is 4.65. The Hall–Kier alpha value is -0.380. The first-order valence-electron chi connectivity index (χ1n) is 5.46. The second kappa shape index (κ2) is 5.64. The van der Waals surface area contributed by atoms with Crippen molar-refractivity contribution >= 4 is 0 Å². The molecule has 1 saturated heterocycles. The number of hydrogen-bond acceptors (Lipinski definition) is 3. The largest absolute Gasteiger partial charge is 0.364 e. The molecule has 1 rings (SSSR count). The van der Waals surface area contributed by atoms with Crippen molar-refractivity contribution in [3.8, 4) is 0 Å². The monoisotopic (exact) mass is 214 g/mol. The van der Waals surface area contributed by atoms with Crippen molar-refractivity contribution < 1.29 is 14.2 Å². The minimum Gasteiger partial charge on any atom is -0.364 e. The van der Waals surface area contributed by atoms with Gasteiger partial charge in [-0.15, -0.1) is 0 Å². The average molecular weight is 214 g/mol. The molecule has 1 aliphatic heterocycles. The highest BCUT2D eigenvalue weighted by Crippen LogP contribution is 2.40. The summed E-state index contributed by atoms with van der Waals surface area (Å²) in [6.45, 7) is 7.38. The lowest BCUT2D eigenvalue weighted by Crippen LogP contribution is -2.14. The highest BCUT2D eigenvalue weighted by molar-refractivity contribution is 5.02. The van der Waals surface area contributed by atoms with Crippen LogP contribution in [0.25, 0.3) is 0 Å². The molecule has 1 aliphatic rings. The molecule has 0 saturated carbocycles. The molecule has 0 aliphatic carbocycles. The van der Waals surface area contributed by atoms with E-state index in [1.807, 2.05) is 0 Å². The summed E-state index contributed by atoms with van der Waals surface area (Å²) in [4.78, 5) is 0. The quantitative estimate of drug-likeness (QED) is 0.282. The molecule has 1 fully saturated rings. The van der Waals surface area contributed by atoms with Gasteiger partial charge in [-0.05, 0) is 33.6 Å². The van der Waals surface area contributed by atoms with Gasteiger partial charge in [0.1, 0.15) is 12.9 Å². The Morgan fingerprint density at radius 1 is 1.47 bits per heavy atom. The second-order valence-corrected chi connectivity index (χ2v) is 4.52. The molecule has 0 unspecified atom stereocenters. The zero-order chi connectivity index (χ0) is 11.3. The average Bonchev–Trinajstić information content (AvgIpc) is 2.77. The van der Waals surface area contributed by atoms with Crippen LogP contribution < -0.4 is 0 Å². The molecular weight excluding hydrogens is 192 g/mol. The minimum atomic E-state index is 0.0275. The van der Waals surface area contributed by atoms with E-state index in [1.54, 1.807) is 7.11 Å². The van der Waals surface area contributed by atoms with E-state index in [9.17, 15) is 0 Å². The van der Waals surface area contributed by atoms with Crippen LogP contribution in [0.15, 0.2) is 11.6 Å². The third-order valence-corrected chi connectivity index (χ3v) is 2.70. The Bertz CT molecular complexity index is 221. The fraction of sp³-hybridized carbons (Fsp3) is 0.833. The van der Waals surface area contributed by atoms with Crippen LogP contribution in [0.1, 0.15) is 33.6 Å². The molecule has 0 amide bonds. The fourth-order valence-corrected chi connectivity index (χ4v) is 1.61. The molecule has 0 aromatic rings. The molecular formula is C12H22O3. The maximum absolute atomic E-state index is 5.62. The van der Waals surface area contributed by atoms with Gasteiger partial charge >= 0.3 is 0 Å². The van der Waals surface area contributed by atoms with Crippen LogP contribution in [0.3, 0.4) is 0 Å². The highest BCUT2D eigenvalue weighted by atomic mass is 16.7. The summed E-state index contributed by atoms with van der Waals surface area (Å²) in [5.74, 6) is 0. The van der Waals surface area contributed by atoms with Gasteiger partial charge in [0.2, 0.25) is 0 Å². The van der Waals surface area contributed by atoms with Gasteiger partial charge in [-0.3, -0.25) is 0 Å². The number of hydrogen-bond donors (Lipinski definition) is 0. The van der Waals surface area contributed by atoms with Gasteiger partial charge in [0.05, 0.1) is 12.2 Å². The van der Waals surface area contributed by atoms with Crippen molar-refractivity contribution in [2.24, 2.45) is 0 Å². The zero-order valence-corrected chi connectivity index (χ0v) is 10.2. The lowest BCUT2D eigenvalue weighted by Gasteiger charge is -2.04. The van der Waals surface area contributed by atoms with Gasteiger partial charge in [-0.2, -0.15) is 0 Å². The van der Waals surface area contributed by atoms with Crippen molar-refractivity contribution in [2.45, 2.75) is 45.3 Å². The number of allylic oxidation sites excluding steroid dienone is 2. The van der Waals surface area contributed by atoms with E-state index in [1.165, 1.54) is 5.57 Å². The molecule has 0 radical (unpaired) electrons. The Morgan fingerprint density at radius 2 is 2.20 bits per heavy atom. The van der Waals surface area contributed by atoms with E-state index < -0.39 is 0 Å². The highest BCUT2D eigenvalue weighted by Gasteiger charge is 2.51. The topological polar surface area (TPSA) is 31.0 Å². The van der Waals surface area contributed by atoms with E-state index in [0.29, 0.717) is 13.4 Å². The Kier molecular flexibility index (Phi) is 4.77. The van der Waals surface area contributed by atoms with Crippen molar-refractivity contribution in [3.05, 3.63) is 11.6 Å². The standard InChI is InChI=1S/C12H22O3/c1-10(2)6-5-7-12(3)11(15-12)8-14-9-13-4/h6,11H,5,7-9H2,1-4H3/t11-,12+/m1/s1. The van der Waals surface area contributed by atoms with E-state index in [-0.39, 0.29) is 11.7 Å². The third kappa shape index (κ3) is 4.33. The van der Waals surface area contributed by atoms with Gasteiger partial charge in [-0.25, -0.2) is 0 Å². The Balaban J connectivity index is 2.12. The Morgan fingerprint density at radius 3 is 2.80 bits per heavy atom. The van der Waals surface area contributed by atoms with Gasteiger partial charge in [0.25, 0.3) is 0 Å². The zero-order valence-electron chi connectivity index (χ0n) is 10.2. The summed E-state index contributed by atoms with van der Waals surface area (Å²) in [6, 6.07) is 0. The van der Waals surface area contributed by atoms with Crippen LogP contribution in [-0.2, 0) is 14.2 Å². The van der Waals surface area contributed by atoms with Crippen molar-refractivity contribution in [1.82, 2.24) is 0 Å². The number of epoxide rings is 1. The molecule has 0 spiro atoms. The van der Waals surface area contributed by atoms with Crippen LogP contribution in [-0.4, -0.2) is 32.2 Å². The van der Waals surface area contributed by atoms with E-state index >= 15 is 0 Å². The smallest absolute Gasteiger partial charge is 0.146 e. The molecule has 88 valence electrons. The van der Waals surface area contributed by atoms with Crippen molar-refractivity contribution in [2.75, 3.05) is 20.5 Å². The van der Waals surface area contributed by atoms with Gasteiger partial charge in [-0.1, -0.05) is 11.6 Å². The molecule has 3 heteroatoms. The predicted molar refractivity (Wildman–Crippen MR) is 59.8 cm³/mol. The van der Waals surface area contributed by atoms with E-state index in [2.05, 4.69) is 26.8 Å². The second-order valence-electron chi connectivity index (χ2n) is 4.52. The number of methoxy groups -OCH3 is 1. The maximum atomic E-state index is 5.62.